The summed E-state index contributed by atoms with van der Waals surface area (Å²) in [4.78, 5) is 13.2. The molecule has 0 bridgehead atoms. The van der Waals surface area contributed by atoms with Crippen molar-refractivity contribution in [2.45, 2.75) is 38.6 Å². The highest BCUT2D eigenvalue weighted by Gasteiger charge is 2.25. The Hall–Kier alpha value is -2.67. The van der Waals surface area contributed by atoms with Crippen molar-refractivity contribution in [3.8, 4) is 0 Å². The van der Waals surface area contributed by atoms with Gasteiger partial charge in [0.1, 0.15) is 5.82 Å². The number of nitrogens with zero attached hydrogens (tertiary/aromatic N) is 4. The number of aromatic nitrogens is 5. The summed E-state index contributed by atoms with van der Waals surface area (Å²) >= 11 is 5.95. The molecule has 8 heteroatoms. The number of anilines is 3. The molecular weight excluding hydrogens is 350 g/mol. The lowest BCUT2D eigenvalue weighted by molar-refractivity contribution is 0.846. The van der Waals surface area contributed by atoms with Crippen LogP contribution in [0.5, 0.6) is 0 Å². The van der Waals surface area contributed by atoms with Gasteiger partial charge in [-0.1, -0.05) is 23.7 Å². The van der Waals surface area contributed by atoms with Crippen LogP contribution in [0.2, 0.25) is 5.02 Å². The molecule has 1 aliphatic carbocycles. The summed E-state index contributed by atoms with van der Waals surface area (Å²) in [5.41, 5.74) is 2.26. The second-order valence-corrected chi connectivity index (χ2v) is 6.99. The molecule has 4 rings (SSSR count). The van der Waals surface area contributed by atoms with Crippen LogP contribution in [0.1, 0.15) is 48.8 Å². The maximum Gasteiger partial charge on any atom is 0.233 e. The smallest absolute Gasteiger partial charge is 0.233 e. The van der Waals surface area contributed by atoms with Crippen LogP contribution in [-0.4, -0.2) is 25.1 Å². The summed E-state index contributed by atoms with van der Waals surface area (Å²) in [6.45, 7) is 3.89. The lowest BCUT2D eigenvalue weighted by Gasteiger charge is -2.15. The zero-order valence-corrected chi connectivity index (χ0v) is 15.4. The quantitative estimate of drug-likeness (QED) is 0.598. The highest BCUT2D eigenvalue weighted by Crippen LogP contribution is 2.39. The minimum atomic E-state index is 0.0359. The van der Waals surface area contributed by atoms with Crippen molar-refractivity contribution in [3.63, 3.8) is 0 Å². The predicted molar refractivity (Wildman–Crippen MR) is 102 cm³/mol. The number of halogens is 1. The molecule has 0 amide bonds. The normalized spacial score (nSPS) is 14.9. The molecule has 0 saturated heterocycles. The van der Waals surface area contributed by atoms with Gasteiger partial charge in [-0.3, -0.25) is 5.10 Å². The molecule has 2 heterocycles. The number of aromatic amines is 1. The first-order chi connectivity index (χ1) is 12.6. The van der Waals surface area contributed by atoms with E-state index in [0.717, 1.165) is 11.3 Å². The summed E-state index contributed by atoms with van der Waals surface area (Å²) in [7, 11) is 0. The minimum Gasteiger partial charge on any atom is -0.348 e. The Balaban J connectivity index is 1.48. The van der Waals surface area contributed by atoms with Gasteiger partial charge in [0.25, 0.3) is 0 Å². The number of nitrogens with one attached hydrogen (secondary N) is 3. The van der Waals surface area contributed by atoms with E-state index in [2.05, 4.69) is 35.8 Å². The molecule has 26 heavy (non-hydrogen) atoms. The third-order valence-corrected chi connectivity index (χ3v) is 4.57. The van der Waals surface area contributed by atoms with Crippen LogP contribution in [0.25, 0.3) is 0 Å². The minimum absolute atomic E-state index is 0.0359. The Morgan fingerprint density at radius 1 is 1.12 bits per heavy atom. The van der Waals surface area contributed by atoms with Crippen molar-refractivity contribution >= 4 is 29.3 Å². The van der Waals surface area contributed by atoms with Crippen molar-refractivity contribution in [3.05, 3.63) is 52.4 Å². The van der Waals surface area contributed by atoms with Crippen molar-refractivity contribution in [2.75, 3.05) is 10.6 Å². The number of hydrogen-bond acceptors (Lipinski definition) is 6. The summed E-state index contributed by atoms with van der Waals surface area (Å²) < 4.78 is 0. The molecule has 1 fully saturated rings. The van der Waals surface area contributed by atoms with Crippen molar-refractivity contribution in [1.29, 1.82) is 0 Å². The fraction of sp³-hybridized carbons (Fsp3) is 0.333. The van der Waals surface area contributed by atoms with Gasteiger partial charge in [0.05, 0.1) is 6.04 Å². The van der Waals surface area contributed by atoms with Crippen LogP contribution in [0, 0.1) is 6.92 Å². The Morgan fingerprint density at radius 3 is 2.58 bits per heavy atom. The van der Waals surface area contributed by atoms with E-state index in [-0.39, 0.29) is 6.04 Å². The second kappa shape index (κ2) is 6.92. The lowest BCUT2D eigenvalue weighted by Crippen LogP contribution is -2.12. The van der Waals surface area contributed by atoms with E-state index in [1.807, 2.05) is 44.2 Å². The molecule has 134 valence electrons. The third kappa shape index (κ3) is 3.94. The van der Waals surface area contributed by atoms with E-state index in [1.165, 1.54) is 12.8 Å². The van der Waals surface area contributed by atoms with Gasteiger partial charge in [-0.25, -0.2) is 0 Å². The van der Waals surface area contributed by atoms with Crippen molar-refractivity contribution < 1.29 is 0 Å². The van der Waals surface area contributed by atoms with Gasteiger partial charge in [0.15, 0.2) is 5.82 Å². The molecule has 1 saturated carbocycles. The zero-order valence-electron chi connectivity index (χ0n) is 14.6. The van der Waals surface area contributed by atoms with Gasteiger partial charge in [0, 0.05) is 22.7 Å². The monoisotopic (exact) mass is 369 g/mol. The third-order valence-electron chi connectivity index (χ3n) is 4.32. The zero-order chi connectivity index (χ0) is 18.1. The highest BCUT2D eigenvalue weighted by molar-refractivity contribution is 6.30. The summed E-state index contributed by atoms with van der Waals surface area (Å²) in [6.07, 6.45) is 2.45. The van der Waals surface area contributed by atoms with Gasteiger partial charge in [-0.2, -0.15) is 20.1 Å². The van der Waals surface area contributed by atoms with Crippen LogP contribution in [0.15, 0.2) is 30.3 Å². The van der Waals surface area contributed by atoms with Crippen molar-refractivity contribution in [1.82, 2.24) is 25.1 Å². The Morgan fingerprint density at radius 2 is 1.85 bits per heavy atom. The molecule has 0 spiro atoms. The molecule has 2 aromatic heterocycles. The van der Waals surface area contributed by atoms with Crippen molar-refractivity contribution in [2.24, 2.45) is 0 Å². The molecule has 1 aliphatic rings. The first-order valence-electron chi connectivity index (χ1n) is 8.64. The van der Waals surface area contributed by atoms with E-state index in [9.17, 15) is 0 Å². The molecule has 1 atom stereocenters. The maximum absolute atomic E-state index is 5.95. The topological polar surface area (TPSA) is 91.4 Å². The van der Waals surface area contributed by atoms with E-state index in [4.69, 9.17) is 11.6 Å². The average Bonchev–Trinajstić information content (AvgIpc) is 3.35. The Bertz CT molecular complexity index is 902. The second-order valence-electron chi connectivity index (χ2n) is 6.56. The number of rotatable bonds is 6. The van der Waals surface area contributed by atoms with Gasteiger partial charge >= 0.3 is 0 Å². The SMILES string of the molecule is Cc1nc(Nc2cc(C3CC3)[nH]n2)nc(NC(C)c2ccc(Cl)cc2)n1. The van der Waals surface area contributed by atoms with Crippen LogP contribution in [0.3, 0.4) is 0 Å². The molecule has 0 aliphatic heterocycles. The average molecular weight is 370 g/mol. The van der Waals surface area contributed by atoms with Crippen LogP contribution in [-0.2, 0) is 0 Å². The largest absolute Gasteiger partial charge is 0.348 e. The van der Waals surface area contributed by atoms with Gasteiger partial charge in [-0.15, -0.1) is 0 Å². The molecular formula is C18H20ClN7. The predicted octanol–water partition coefficient (Wildman–Crippen LogP) is 4.35. The van der Waals surface area contributed by atoms with E-state index >= 15 is 0 Å². The van der Waals surface area contributed by atoms with Crippen LogP contribution in [0.4, 0.5) is 17.7 Å². The number of H-pyrrole nitrogens is 1. The molecule has 0 radical (unpaired) electrons. The number of benzene rings is 1. The first kappa shape index (κ1) is 16.8. The fourth-order valence-electron chi connectivity index (χ4n) is 2.75. The van der Waals surface area contributed by atoms with Gasteiger partial charge in [0.2, 0.25) is 11.9 Å². The van der Waals surface area contributed by atoms with Gasteiger partial charge < -0.3 is 10.6 Å². The first-order valence-corrected chi connectivity index (χ1v) is 9.01. The molecule has 1 unspecified atom stereocenters. The van der Waals surface area contributed by atoms with E-state index in [0.29, 0.717) is 34.5 Å². The lowest BCUT2D eigenvalue weighted by atomic mass is 10.1. The van der Waals surface area contributed by atoms with Gasteiger partial charge in [-0.05, 0) is 44.4 Å². The maximum atomic E-state index is 5.95. The van der Waals surface area contributed by atoms with E-state index < -0.39 is 0 Å². The number of hydrogen-bond donors (Lipinski definition) is 3. The number of aryl methyl sites for hydroxylation is 1. The molecule has 7 nitrogen and oxygen atoms in total. The van der Waals surface area contributed by atoms with Crippen LogP contribution >= 0.6 is 11.6 Å². The Labute approximate surface area is 156 Å². The summed E-state index contributed by atoms with van der Waals surface area (Å²) in [6, 6.07) is 9.76. The molecule has 3 N–H and O–H groups in total. The van der Waals surface area contributed by atoms with Crippen LogP contribution < -0.4 is 10.6 Å². The fourth-order valence-corrected chi connectivity index (χ4v) is 2.88. The Kier molecular flexibility index (Phi) is 4.46. The summed E-state index contributed by atoms with van der Waals surface area (Å²) in [5, 5.41) is 14.5. The molecule has 1 aromatic carbocycles. The standard InChI is InChI=1S/C18H20ClN7/c1-10(12-5-7-14(19)8-6-12)20-17-21-11(2)22-18(24-17)23-16-9-15(25-26-16)13-3-4-13/h5-10,13H,3-4H2,1-2H3,(H3,20,21,22,23,24,25,26). The van der Waals surface area contributed by atoms with E-state index in [1.54, 1.807) is 0 Å². The summed E-state index contributed by atoms with van der Waals surface area (Å²) in [5.74, 6) is 2.95. The molecule has 3 aromatic rings. The highest BCUT2D eigenvalue weighted by atomic mass is 35.5.